The number of nitrogens with two attached hydrogens (primary N) is 1. The van der Waals surface area contributed by atoms with Gasteiger partial charge in [-0.25, -0.2) is 4.79 Å². The van der Waals surface area contributed by atoms with Crippen molar-refractivity contribution in [3.05, 3.63) is 35.9 Å². The standard InChI is InChI=1S/C23H38N2O3/c1-22(2,3)20(25-17-11-13-23(4,5)14-12-17)19(26)18(28-21(24)27)15-16-9-7-6-8-10-16/h6-10,17-20,25-26H,11-15H2,1-5H3,(H2,24,27)/t18-,19-,20?/m0/s1. The van der Waals surface area contributed by atoms with Gasteiger partial charge in [0, 0.05) is 18.5 Å². The van der Waals surface area contributed by atoms with Crippen molar-refractivity contribution in [1.82, 2.24) is 5.32 Å². The van der Waals surface area contributed by atoms with Gasteiger partial charge in [-0.2, -0.15) is 0 Å². The minimum atomic E-state index is -0.859. The Kier molecular flexibility index (Phi) is 7.52. The van der Waals surface area contributed by atoms with Crippen LogP contribution in [0.15, 0.2) is 30.3 Å². The zero-order chi connectivity index (χ0) is 20.9. The molecule has 0 spiro atoms. The quantitative estimate of drug-likeness (QED) is 0.656. The van der Waals surface area contributed by atoms with E-state index in [0.717, 1.165) is 18.4 Å². The highest BCUT2D eigenvalue weighted by Crippen LogP contribution is 2.36. The second-order valence-corrected chi connectivity index (χ2v) is 10.1. The number of carbonyl (C=O) groups is 1. The van der Waals surface area contributed by atoms with Crippen molar-refractivity contribution in [3.8, 4) is 0 Å². The first-order chi connectivity index (χ1) is 13.0. The van der Waals surface area contributed by atoms with Gasteiger partial charge in [0.2, 0.25) is 0 Å². The van der Waals surface area contributed by atoms with Gasteiger partial charge in [-0.3, -0.25) is 0 Å². The second-order valence-electron chi connectivity index (χ2n) is 10.1. The van der Waals surface area contributed by atoms with E-state index in [1.165, 1.54) is 12.8 Å². The Hall–Kier alpha value is -1.59. The number of aliphatic hydroxyl groups is 1. The average Bonchev–Trinajstić information content (AvgIpc) is 2.59. The first-order valence-corrected chi connectivity index (χ1v) is 10.4. The van der Waals surface area contributed by atoms with E-state index >= 15 is 0 Å². The number of hydrogen-bond donors (Lipinski definition) is 3. The Morgan fingerprint density at radius 2 is 1.82 bits per heavy atom. The molecule has 1 aliphatic rings. The van der Waals surface area contributed by atoms with Crippen molar-refractivity contribution in [1.29, 1.82) is 0 Å². The lowest BCUT2D eigenvalue weighted by Gasteiger charge is -2.43. The van der Waals surface area contributed by atoms with Crippen LogP contribution in [0.5, 0.6) is 0 Å². The molecule has 1 unspecified atom stereocenters. The summed E-state index contributed by atoms with van der Waals surface area (Å²) in [6.45, 7) is 10.9. The molecule has 1 fully saturated rings. The minimum absolute atomic E-state index is 0.206. The number of benzene rings is 1. The van der Waals surface area contributed by atoms with Crippen molar-refractivity contribution in [2.24, 2.45) is 16.6 Å². The summed E-state index contributed by atoms with van der Waals surface area (Å²) in [5, 5.41) is 14.9. The second kappa shape index (κ2) is 9.27. The van der Waals surface area contributed by atoms with Crippen LogP contribution in [0, 0.1) is 10.8 Å². The summed E-state index contributed by atoms with van der Waals surface area (Å²) in [6.07, 6.45) is 2.53. The van der Waals surface area contributed by atoms with Gasteiger partial charge in [-0.1, -0.05) is 65.0 Å². The van der Waals surface area contributed by atoms with E-state index in [0.29, 0.717) is 17.9 Å². The Morgan fingerprint density at radius 1 is 1.25 bits per heavy atom. The lowest BCUT2D eigenvalue weighted by molar-refractivity contribution is -0.0399. The lowest BCUT2D eigenvalue weighted by Crippen LogP contribution is -2.58. The van der Waals surface area contributed by atoms with E-state index in [4.69, 9.17) is 10.5 Å². The predicted octanol–water partition coefficient (Wildman–Crippen LogP) is 4.03. The van der Waals surface area contributed by atoms with E-state index in [-0.39, 0.29) is 11.5 Å². The Bertz CT molecular complexity index is 614. The molecule has 0 saturated heterocycles. The molecule has 1 saturated carbocycles. The molecule has 1 aromatic carbocycles. The molecule has 0 heterocycles. The maximum Gasteiger partial charge on any atom is 0.404 e. The summed E-state index contributed by atoms with van der Waals surface area (Å²) in [4.78, 5) is 11.5. The third kappa shape index (κ3) is 6.78. The lowest BCUT2D eigenvalue weighted by atomic mass is 9.74. The third-order valence-corrected chi connectivity index (χ3v) is 5.96. The number of aliphatic hydroxyl groups excluding tert-OH is 1. The van der Waals surface area contributed by atoms with Crippen LogP contribution in [-0.4, -0.2) is 35.5 Å². The maximum absolute atomic E-state index is 11.5. The highest BCUT2D eigenvalue weighted by molar-refractivity contribution is 5.64. The molecule has 0 radical (unpaired) electrons. The number of ether oxygens (including phenoxy) is 1. The highest BCUT2D eigenvalue weighted by Gasteiger charge is 2.39. The van der Waals surface area contributed by atoms with E-state index in [9.17, 15) is 9.90 Å². The molecule has 2 rings (SSSR count). The molecule has 5 nitrogen and oxygen atoms in total. The van der Waals surface area contributed by atoms with Crippen molar-refractivity contribution in [3.63, 3.8) is 0 Å². The average molecular weight is 391 g/mol. The van der Waals surface area contributed by atoms with Crippen LogP contribution in [0.1, 0.15) is 65.9 Å². The largest absolute Gasteiger partial charge is 0.443 e. The zero-order valence-electron chi connectivity index (χ0n) is 18.1. The summed E-state index contributed by atoms with van der Waals surface area (Å²) < 4.78 is 5.36. The van der Waals surface area contributed by atoms with E-state index < -0.39 is 18.3 Å². The van der Waals surface area contributed by atoms with E-state index in [1.54, 1.807) is 0 Å². The van der Waals surface area contributed by atoms with Gasteiger partial charge in [0.15, 0.2) is 0 Å². The third-order valence-electron chi connectivity index (χ3n) is 5.96. The molecule has 4 N–H and O–H groups in total. The fourth-order valence-electron chi connectivity index (χ4n) is 4.12. The van der Waals surface area contributed by atoms with Crippen LogP contribution in [-0.2, 0) is 11.2 Å². The van der Waals surface area contributed by atoms with Gasteiger partial charge < -0.3 is 20.9 Å². The molecule has 1 aromatic rings. The molecule has 0 aromatic heterocycles. The number of hydrogen-bond acceptors (Lipinski definition) is 4. The maximum atomic E-state index is 11.5. The van der Waals surface area contributed by atoms with Crippen molar-refractivity contribution in [2.75, 3.05) is 0 Å². The smallest absolute Gasteiger partial charge is 0.404 e. The summed E-state index contributed by atoms with van der Waals surface area (Å²) in [5.74, 6) is 0. The van der Waals surface area contributed by atoms with Crippen molar-refractivity contribution < 1.29 is 14.6 Å². The highest BCUT2D eigenvalue weighted by atomic mass is 16.6. The SMILES string of the molecule is CC1(C)CCC(NC([C@@H](O)[C@H](Cc2ccccc2)OC(N)=O)C(C)(C)C)CC1. The Balaban J connectivity index is 2.15. The first kappa shape index (κ1) is 22.7. The van der Waals surface area contributed by atoms with Crippen molar-refractivity contribution >= 4 is 6.09 Å². The van der Waals surface area contributed by atoms with Crippen LogP contribution in [0.2, 0.25) is 0 Å². The van der Waals surface area contributed by atoms with E-state index in [1.807, 2.05) is 30.3 Å². The van der Waals surface area contributed by atoms with Crippen LogP contribution < -0.4 is 11.1 Å². The molecule has 1 amide bonds. The number of primary amides is 1. The van der Waals surface area contributed by atoms with Gasteiger partial charge >= 0.3 is 6.09 Å². The number of rotatable bonds is 7. The minimum Gasteiger partial charge on any atom is -0.443 e. The van der Waals surface area contributed by atoms with Gasteiger partial charge in [0.05, 0.1) is 0 Å². The molecular formula is C23H38N2O3. The summed E-state index contributed by atoms with van der Waals surface area (Å²) >= 11 is 0. The Morgan fingerprint density at radius 3 is 2.32 bits per heavy atom. The molecule has 1 aliphatic carbocycles. The topological polar surface area (TPSA) is 84.6 Å². The van der Waals surface area contributed by atoms with Crippen LogP contribution in [0.4, 0.5) is 4.79 Å². The van der Waals surface area contributed by atoms with Crippen molar-refractivity contribution in [2.45, 2.75) is 91.0 Å². The zero-order valence-corrected chi connectivity index (χ0v) is 18.1. The van der Waals surface area contributed by atoms with Crippen LogP contribution >= 0.6 is 0 Å². The predicted molar refractivity (Wildman–Crippen MR) is 113 cm³/mol. The molecule has 5 heteroatoms. The summed E-state index contributed by atoms with van der Waals surface area (Å²) in [6, 6.07) is 9.89. The summed E-state index contributed by atoms with van der Waals surface area (Å²) in [7, 11) is 0. The van der Waals surface area contributed by atoms with Crippen LogP contribution in [0.3, 0.4) is 0 Å². The van der Waals surface area contributed by atoms with Crippen LogP contribution in [0.25, 0.3) is 0 Å². The Labute approximate surface area is 170 Å². The molecule has 158 valence electrons. The molecular weight excluding hydrogens is 352 g/mol. The summed E-state index contributed by atoms with van der Waals surface area (Å²) in [5.41, 5.74) is 6.50. The molecule has 0 aliphatic heterocycles. The number of nitrogens with one attached hydrogen (secondary N) is 1. The normalized spacial score (nSPS) is 20.9. The number of carbonyl (C=O) groups excluding carboxylic acids is 1. The molecule has 28 heavy (non-hydrogen) atoms. The molecule has 3 atom stereocenters. The van der Waals surface area contributed by atoms with E-state index in [2.05, 4.69) is 39.9 Å². The monoisotopic (exact) mass is 390 g/mol. The fourth-order valence-corrected chi connectivity index (χ4v) is 4.12. The molecule has 0 bridgehead atoms. The van der Waals surface area contributed by atoms with Gasteiger partial charge in [-0.05, 0) is 42.1 Å². The number of amides is 1. The first-order valence-electron chi connectivity index (χ1n) is 10.4. The van der Waals surface area contributed by atoms with Gasteiger partial charge in [0.1, 0.15) is 12.2 Å². The van der Waals surface area contributed by atoms with Gasteiger partial charge in [0.25, 0.3) is 0 Å². The van der Waals surface area contributed by atoms with Gasteiger partial charge in [-0.15, -0.1) is 0 Å². The fraction of sp³-hybridized carbons (Fsp3) is 0.696.